The van der Waals surface area contributed by atoms with Crippen molar-refractivity contribution in [1.82, 2.24) is 0 Å². The van der Waals surface area contributed by atoms with E-state index in [4.69, 9.17) is 23.0 Å². The Bertz CT molecular complexity index is 1420. The molecule has 0 atom stereocenters. The van der Waals surface area contributed by atoms with E-state index in [0.29, 0.717) is 22.3 Å². The molecule has 0 aliphatic heterocycles. The molecule has 0 radical (unpaired) electrons. The fourth-order valence-electron chi connectivity index (χ4n) is 3.42. The van der Waals surface area contributed by atoms with E-state index in [1.807, 2.05) is 13.0 Å². The highest BCUT2D eigenvalue weighted by atomic mass is 16.5. The Morgan fingerprint density at radius 1 is 1.00 bits per heavy atom. The Hall–Kier alpha value is -4.53. The molecule has 2 aromatic heterocycles. The average Bonchev–Trinajstić information content (AvgIpc) is 3.37. The zero-order valence-corrected chi connectivity index (χ0v) is 18.7. The van der Waals surface area contributed by atoms with Crippen molar-refractivity contribution in [3.63, 3.8) is 0 Å². The van der Waals surface area contributed by atoms with Crippen molar-refractivity contribution in [2.75, 3.05) is 19.5 Å². The lowest BCUT2D eigenvalue weighted by Gasteiger charge is -2.15. The minimum absolute atomic E-state index is 0.0284. The van der Waals surface area contributed by atoms with Crippen LogP contribution in [0.1, 0.15) is 32.0 Å². The van der Waals surface area contributed by atoms with Gasteiger partial charge in [-0.1, -0.05) is 12.1 Å². The van der Waals surface area contributed by atoms with Gasteiger partial charge in [0.2, 0.25) is 0 Å². The van der Waals surface area contributed by atoms with Crippen LogP contribution in [0.15, 0.2) is 68.4 Å². The van der Waals surface area contributed by atoms with Gasteiger partial charge in [0.05, 0.1) is 31.7 Å². The lowest BCUT2D eigenvalue weighted by atomic mass is 10.1. The molecule has 4 rings (SSSR count). The standard InChI is InChI=1S/C25H21NO8/c1-14-6-7-16-15(10-23(27)34-20(16)9-14)13-33-25(29)17-11-21(30-2)22(31-3)12-18(17)26-24(28)19-5-4-8-32-19/h4-12H,13H2,1-3H3,(H,26,28). The first kappa shape index (κ1) is 22.7. The third-order valence-corrected chi connectivity index (χ3v) is 5.08. The summed E-state index contributed by atoms with van der Waals surface area (Å²) in [4.78, 5) is 37.6. The summed E-state index contributed by atoms with van der Waals surface area (Å²) in [5, 5.41) is 3.28. The van der Waals surface area contributed by atoms with Crippen molar-refractivity contribution in [3.8, 4) is 11.5 Å². The molecule has 0 saturated heterocycles. The molecule has 174 valence electrons. The summed E-state index contributed by atoms with van der Waals surface area (Å²) < 4.78 is 26.4. The van der Waals surface area contributed by atoms with Gasteiger partial charge in [0.25, 0.3) is 5.91 Å². The zero-order valence-electron chi connectivity index (χ0n) is 18.7. The number of carbonyl (C=O) groups excluding carboxylic acids is 2. The third kappa shape index (κ3) is 4.63. The van der Waals surface area contributed by atoms with Crippen LogP contribution in [0.2, 0.25) is 0 Å². The van der Waals surface area contributed by atoms with Gasteiger partial charge < -0.3 is 28.4 Å². The number of benzene rings is 2. The molecular weight excluding hydrogens is 442 g/mol. The Labute approximate surface area is 193 Å². The Kier molecular flexibility index (Phi) is 6.35. The summed E-state index contributed by atoms with van der Waals surface area (Å²) in [6.45, 7) is 1.69. The van der Waals surface area contributed by atoms with E-state index in [1.165, 1.54) is 44.7 Å². The molecule has 9 nitrogen and oxygen atoms in total. The van der Waals surface area contributed by atoms with Gasteiger partial charge in [0, 0.05) is 29.1 Å². The third-order valence-electron chi connectivity index (χ3n) is 5.08. The lowest BCUT2D eigenvalue weighted by molar-refractivity contribution is 0.0474. The van der Waals surface area contributed by atoms with E-state index in [2.05, 4.69) is 5.32 Å². The molecular formula is C25H21NO8. The van der Waals surface area contributed by atoms with Crippen molar-refractivity contribution in [2.24, 2.45) is 0 Å². The van der Waals surface area contributed by atoms with Gasteiger partial charge >= 0.3 is 11.6 Å². The van der Waals surface area contributed by atoms with E-state index in [9.17, 15) is 14.4 Å². The average molecular weight is 463 g/mol. The summed E-state index contributed by atoms with van der Waals surface area (Å²) >= 11 is 0. The van der Waals surface area contributed by atoms with E-state index in [-0.39, 0.29) is 29.4 Å². The van der Waals surface area contributed by atoms with Crippen molar-refractivity contribution in [2.45, 2.75) is 13.5 Å². The number of carbonyl (C=O) groups is 2. The van der Waals surface area contributed by atoms with Crippen molar-refractivity contribution < 1.29 is 32.6 Å². The lowest BCUT2D eigenvalue weighted by Crippen LogP contribution is -2.16. The minimum Gasteiger partial charge on any atom is -0.493 e. The van der Waals surface area contributed by atoms with Crippen LogP contribution in [0.5, 0.6) is 11.5 Å². The normalized spacial score (nSPS) is 10.7. The number of furan rings is 1. The molecule has 34 heavy (non-hydrogen) atoms. The quantitative estimate of drug-likeness (QED) is 0.318. The van der Waals surface area contributed by atoms with Crippen LogP contribution >= 0.6 is 0 Å². The van der Waals surface area contributed by atoms with Crippen LogP contribution in [0.3, 0.4) is 0 Å². The molecule has 9 heteroatoms. The van der Waals surface area contributed by atoms with Gasteiger partial charge in [0.15, 0.2) is 17.3 Å². The Balaban J connectivity index is 1.65. The van der Waals surface area contributed by atoms with E-state index < -0.39 is 17.5 Å². The molecule has 0 fully saturated rings. The first-order valence-electron chi connectivity index (χ1n) is 10.2. The van der Waals surface area contributed by atoms with Gasteiger partial charge in [-0.3, -0.25) is 4.79 Å². The van der Waals surface area contributed by atoms with E-state index in [1.54, 1.807) is 18.2 Å². The number of ether oxygens (including phenoxy) is 3. The van der Waals surface area contributed by atoms with Crippen molar-refractivity contribution in [1.29, 1.82) is 0 Å². The maximum Gasteiger partial charge on any atom is 0.340 e. The maximum absolute atomic E-state index is 13.1. The number of amides is 1. The molecule has 2 heterocycles. The molecule has 0 spiro atoms. The number of hydrogen-bond donors (Lipinski definition) is 1. The van der Waals surface area contributed by atoms with Crippen LogP contribution in [0.25, 0.3) is 11.0 Å². The zero-order chi connectivity index (χ0) is 24.2. The van der Waals surface area contributed by atoms with Crippen LogP contribution in [0, 0.1) is 6.92 Å². The number of nitrogens with one attached hydrogen (secondary N) is 1. The summed E-state index contributed by atoms with van der Waals surface area (Å²) in [5.41, 5.74) is 1.42. The molecule has 2 aromatic carbocycles. The predicted octanol–water partition coefficient (Wildman–Crippen LogP) is 4.32. The maximum atomic E-state index is 13.1. The van der Waals surface area contributed by atoms with Gasteiger partial charge in [-0.05, 0) is 30.7 Å². The molecule has 0 unspecified atom stereocenters. The summed E-state index contributed by atoms with van der Waals surface area (Å²) in [5.74, 6) is -0.674. The van der Waals surface area contributed by atoms with E-state index >= 15 is 0 Å². The molecule has 0 bridgehead atoms. The Morgan fingerprint density at radius 3 is 2.47 bits per heavy atom. The number of fused-ring (bicyclic) bond motifs is 1. The van der Waals surface area contributed by atoms with Crippen LogP contribution < -0.4 is 20.4 Å². The summed E-state index contributed by atoms with van der Waals surface area (Å²) in [6.07, 6.45) is 1.36. The largest absolute Gasteiger partial charge is 0.493 e. The Morgan fingerprint density at radius 2 is 1.76 bits per heavy atom. The molecule has 1 amide bonds. The van der Waals surface area contributed by atoms with Gasteiger partial charge in [0.1, 0.15) is 12.2 Å². The monoisotopic (exact) mass is 463 g/mol. The second-order valence-corrected chi connectivity index (χ2v) is 7.35. The van der Waals surface area contributed by atoms with Crippen molar-refractivity contribution in [3.05, 3.63) is 87.7 Å². The molecule has 0 aliphatic carbocycles. The number of aryl methyl sites for hydroxylation is 1. The molecule has 4 aromatic rings. The highest BCUT2D eigenvalue weighted by Crippen LogP contribution is 2.34. The smallest absolute Gasteiger partial charge is 0.340 e. The SMILES string of the molecule is COc1cc(NC(=O)c2ccco2)c(C(=O)OCc2cc(=O)oc3cc(C)ccc23)cc1OC. The summed E-state index contributed by atoms with van der Waals surface area (Å²) in [6, 6.07) is 12.6. The first-order chi connectivity index (χ1) is 16.4. The molecule has 0 aliphatic rings. The topological polar surface area (TPSA) is 117 Å². The second-order valence-electron chi connectivity index (χ2n) is 7.35. The van der Waals surface area contributed by atoms with Crippen LogP contribution in [0.4, 0.5) is 5.69 Å². The number of rotatable bonds is 7. The van der Waals surface area contributed by atoms with Crippen LogP contribution in [-0.2, 0) is 11.3 Å². The fourth-order valence-corrected chi connectivity index (χ4v) is 3.42. The highest BCUT2D eigenvalue weighted by molar-refractivity contribution is 6.07. The number of esters is 1. The predicted molar refractivity (Wildman–Crippen MR) is 123 cm³/mol. The van der Waals surface area contributed by atoms with Crippen LogP contribution in [-0.4, -0.2) is 26.1 Å². The van der Waals surface area contributed by atoms with Gasteiger partial charge in [-0.2, -0.15) is 0 Å². The second kappa shape index (κ2) is 9.53. The summed E-state index contributed by atoms with van der Waals surface area (Å²) in [7, 11) is 2.85. The first-order valence-corrected chi connectivity index (χ1v) is 10.2. The fraction of sp³-hybridized carbons (Fsp3) is 0.160. The minimum atomic E-state index is -0.746. The number of methoxy groups -OCH3 is 2. The highest BCUT2D eigenvalue weighted by Gasteiger charge is 2.21. The molecule has 1 N–H and O–H groups in total. The van der Waals surface area contributed by atoms with Gasteiger partial charge in [-0.25, -0.2) is 9.59 Å². The van der Waals surface area contributed by atoms with E-state index in [0.717, 1.165) is 5.56 Å². The van der Waals surface area contributed by atoms with Gasteiger partial charge in [-0.15, -0.1) is 0 Å². The number of hydrogen-bond acceptors (Lipinski definition) is 8. The van der Waals surface area contributed by atoms with Crippen molar-refractivity contribution >= 4 is 28.5 Å². The number of anilines is 1. The molecule has 0 saturated carbocycles.